The van der Waals surface area contributed by atoms with Crippen LogP contribution in [0.5, 0.6) is 0 Å². The lowest BCUT2D eigenvalue weighted by Crippen LogP contribution is -2.55. The van der Waals surface area contributed by atoms with E-state index in [4.69, 9.17) is 11.5 Å². The maximum absolute atomic E-state index is 14.8. The van der Waals surface area contributed by atoms with E-state index >= 15 is 0 Å². The van der Waals surface area contributed by atoms with Crippen molar-refractivity contribution in [1.29, 1.82) is 0 Å². The minimum atomic E-state index is -0.758. The number of H-pyrrole nitrogens is 1. The van der Waals surface area contributed by atoms with Gasteiger partial charge in [0.15, 0.2) is 0 Å². The number of thioether (sulfide) groups is 1. The number of aromatic nitrogens is 1. The van der Waals surface area contributed by atoms with Crippen molar-refractivity contribution in [1.82, 2.24) is 45.9 Å². The molecule has 4 aromatic carbocycles. The number of benzene rings is 4. The van der Waals surface area contributed by atoms with E-state index < -0.39 is 47.8 Å². The molecular formula is C70H93N11O9S. The van der Waals surface area contributed by atoms with Crippen LogP contribution in [0.2, 0.25) is 0 Å². The summed E-state index contributed by atoms with van der Waals surface area (Å²) in [6.07, 6.45) is 7.21. The largest absolute Gasteiger partial charge is 0.368 e. The molecule has 2 aliphatic heterocycles. The number of primary amides is 1. The molecule has 21 heteroatoms. The molecule has 2 bridgehead atoms. The number of amides is 9. The Morgan fingerprint density at radius 2 is 1.11 bits per heavy atom. The van der Waals surface area contributed by atoms with Gasteiger partial charge < -0.3 is 57.3 Å². The quantitative estimate of drug-likeness (QED) is 0.0369. The normalized spacial score (nSPS) is 20.3. The van der Waals surface area contributed by atoms with Gasteiger partial charge in [0.25, 0.3) is 5.91 Å². The summed E-state index contributed by atoms with van der Waals surface area (Å²) in [5, 5.41) is 13.6. The van der Waals surface area contributed by atoms with Crippen molar-refractivity contribution in [2.24, 2.45) is 29.2 Å². The third-order valence-corrected chi connectivity index (χ3v) is 17.9. The molecule has 91 heavy (non-hydrogen) atoms. The molecule has 488 valence electrons. The lowest BCUT2D eigenvalue weighted by molar-refractivity contribution is -0.139. The van der Waals surface area contributed by atoms with Crippen LogP contribution in [0.25, 0.3) is 10.9 Å². The molecule has 2 fully saturated rings. The first kappa shape index (κ1) is 68.9. The average Bonchev–Trinajstić information content (AvgIpc) is 2.15. The Labute approximate surface area is 539 Å². The Morgan fingerprint density at radius 1 is 0.593 bits per heavy atom. The number of carbonyl (C=O) groups is 9. The highest BCUT2D eigenvalue weighted by Gasteiger charge is 2.34. The van der Waals surface area contributed by atoms with Crippen LogP contribution >= 0.6 is 11.8 Å². The van der Waals surface area contributed by atoms with Crippen LogP contribution in [0.15, 0.2) is 115 Å². The molecule has 9 N–H and O–H groups in total. The predicted molar refractivity (Wildman–Crippen MR) is 354 cm³/mol. The summed E-state index contributed by atoms with van der Waals surface area (Å²) in [6, 6.07) is 33.2. The second kappa shape index (κ2) is 35.0. The van der Waals surface area contributed by atoms with E-state index in [-0.39, 0.29) is 138 Å². The van der Waals surface area contributed by atoms with Crippen molar-refractivity contribution in [2.75, 3.05) is 64.7 Å². The van der Waals surface area contributed by atoms with E-state index in [1.54, 1.807) is 12.1 Å². The molecule has 0 saturated heterocycles. The average molecular weight is 1260 g/mol. The van der Waals surface area contributed by atoms with Crippen LogP contribution in [-0.4, -0.2) is 167 Å². The van der Waals surface area contributed by atoms with Crippen LogP contribution in [0.4, 0.5) is 0 Å². The second-order valence-electron chi connectivity index (χ2n) is 25.5. The molecule has 0 radical (unpaired) electrons. The van der Waals surface area contributed by atoms with E-state index in [2.05, 4.69) is 26.3 Å². The molecule has 2 saturated carbocycles. The number of nitrogens with zero attached hydrogens (tertiary/aromatic N) is 4. The molecule has 5 aromatic rings. The van der Waals surface area contributed by atoms with Crippen LogP contribution in [0, 0.1) is 17.8 Å². The standard InChI is InChI=1S/C70H93N11O9S/c1-48(2)20-29-66(86)79-39-56(18-11-12-31-71)74-63(83)45-81(69(89)36-52-23-24-52)42-60(38-57-37-55-17-9-10-19-61(55)73-57)76-65(85)46-80(68(88)35-51-21-22-51)41-59(34-50-15-7-4-8-16-50)77-70(90)54-27-25-53(26-28-54)47-91-32-30-67(87)78(43-62(72)82)40-58(75-64(84)44-79)33-49-13-5-3-6-14-49/h3-10,13-17,19,25-28,37,48,51-52,56,58-60,73H,11-12,18,20-24,29-36,38-47,71H2,1-2H3,(H2,72,82)(H,74,83)(H,75,84)(H,76,85)(H,77,90)/t56-,58-,59-,60-/m0/s1. The predicted octanol–water partition coefficient (Wildman–Crippen LogP) is 6.05. The molecule has 4 aliphatic rings. The highest BCUT2D eigenvalue weighted by atomic mass is 32.2. The molecule has 4 atom stereocenters. The number of unbranched alkanes of at least 4 members (excludes halogenated alkanes) is 1. The van der Waals surface area contributed by atoms with Gasteiger partial charge in [0.05, 0.1) is 44.3 Å². The third kappa shape index (κ3) is 23.9. The fourth-order valence-electron chi connectivity index (χ4n) is 11.6. The minimum Gasteiger partial charge on any atom is -0.368 e. The Morgan fingerprint density at radius 3 is 1.65 bits per heavy atom. The van der Waals surface area contributed by atoms with Gasteiger partial charge in [0.2, 0.25) is 47.3 Å². The smallest absolute Gasteiger partial charge is 0.251 e. The van der Waals surface area contributed by atoms with Gasteiger partial charge in [-0.1, -0.05) is 111 Å². The third-order valence-electron chi connectivity index (χ3n) is 16.9. The Bertz CT molecular complexity index is 3200. The fourth-order valence-corrected chi connectivity index (χ4v) is 12.5. The minimum absolute atomic E-state index is 0.0222. The van der Waals surface area contributed by atoms with Crippen molar-refractivity contribution in [3.63, 3.8) is 0 Å². The molecular weight excluding hydrogens is 1170 g/mol. The number of aromatic amines is 1. The molecule has 2 aliphatic carbocycles. The molecule has 9 amide bonds. The zero-order valence-corrected chi connectivity index (χ0v) is 53.7. The molecule has 1 aromatic heterocycles. The monoisotopic (exact) mass is 1260 g/mol. The molecule has 0 unspecified atom stereocenters. The van der Waals surface area contributed by atoms with Gasteiger partial charge >= 0.3 is 0 Å². The van der Waals surface area contributed by atoms with Gasteiger partial charge in [-0.15, -0.1) is 0 Å². The van der Waals surface area contributed by atoms with E-state index in [0.717, 1.165) is 59.0 Å². The molecule has 20 nitrogen and oxygen atoms in total. The lowest BCUT2D eigenvalue weighted by Gasteiger charge is -2.32. The highest BCUT2D eigenvalue weighted by Crippen LogP contribution is 2.34. The molecule has 3 heterocycles. The summed E-state index contributed by atoms with van der Waals surface area (Å²) in [6.45, 7) is 2.77. The van der Waals surface area contributed by atoms with Crippen molar-refractivity contribution < 1.29 is 43.2 Å². The van der Waals surface area contributed by atoms with E-state index in [9.17, 15) is 43.2 Å². The summed E-state index contributed by atoms with van der Waals surface area (Å²) in [5.74, 6) is -2.26. The first-order valence-electron chi connectivity index (χ1n) is 32.5. The van der Waals surface area contributed by atoms with Gasteiger partial charge in [-0.3, -0.25) is 43.2 Å². The highest BCUT2D eigenvalue weighted by molar-refractivity contribution is 7.98. The van der Waals surface area contributed by atoms with Crippen molar-refractivity contribution in [2.45, 2.75) is 140 Å². The van der Waals surface area contributed by atoms with Crippen LogP contribution in [-0.2, 0) is 63.4 Å². The summed E-state index contributed by atoms with van der Waals surface area (Å²) < 4.78 is 0. The fraction of sp³-hybridized carbons (Fsp3) is 0.500. The topological polar surface area (TPSA) is 283 Å². The Kier molecular flexibility index (Phi) is 26.5. The van der Waals surface area contributed by atoms with Gasteiger partial charge in [-0.2, -0.15) is 11.8 Å². The zero-order chi connectivity index (χ0) is 64.7. The van der Waals surface area contributed by atoms with Gasteiger partial charge in [0.1, 0.15) is 0 Å². The van der Waals surface area contributed by atoms with Crippen molar-refractivity contribution in [3.05, 3.63) is 143 Å². The lowest BCUT2D eigenvalue weighted by atomic mass is 10.0. The number of nitrogens with one attached hydrogen (secondary N) is 5. The number of carbonyl (C=O) groups excluding carboxylic acids is 9. The number of hydrogen-bond donors (Lipinski definition) is 7. The summed E-state index contributed by atoms with van der Waals surface area (Å²) in [5.41, 5.74) is 16.5. The first-order valence-corrected chi connectivity index (χ1v) is 33.7. The number of fused-ring (bicyclic) bond motifs is 30. The Balaban J connectivity index is 1.13. The summed E-state index contributed by atoms with van der Waals surface area (Å²) in [4.78, 5) is 138. The Hall–Kier alpha value is -8.04. The van der Waals surface area contributed by atoms with Crippen molar-refractivity contribution in [3.8, 4) is 0 Å². The van der Waals surface area contributed by atoms with Gasteiger partial charge in [0, 0.05) is 92.6 Å². The zero-order valence-electron chi connectivity index (χ0n) is 52.9. The maximum atomic E-state index is 14.8. The SMILES string of the molecule is CC(C)CCC(=O)N1CC(=O)N[C@@H](Cc2ccccc2)CN(CC(N)=O)C(=O)CCSCc2ccc(cc2)C(=O)N[C@@H](Cc2ccccc2)CN(C(=O)CC2CC2)CC(=O)N[C@@H](Cc2cc3ccccc3[nH]2)CN(C(=O)CC2CC2)CC(=O)N[C@@H](CCCCN)C1. The number of nitrogens with two attached hydrogens (primary N) is 2. The van der Waals surface area contributed by atoms with Crippen LogP contribution < -0.4 is 32.7 Å². The van der Waals surface area contributed by atoms with Crippen molar-refractivity contribution >= 4 is 75.8 Å². The van der Waals surface area contributed by atoms with Crippen LogP contribution in [0.3, 0.4) is 0 Å². The number of hydrogen-bond acceptors (Lipinski definition) is 11. The molecule has 9 rings (SSSR count). The maximum Gasteiger partial charge on any atom is 0.251 e. The first-order chi connectivity index (χ1) is 43.9. The summed E-state index contributed by atoms with van der Waals surface area (Å²) in [7, 11) is 0. The van der Waals surface area contributed by atoms with Gasteiger partial charge in [-0.05, 0) is 128 Å². The summed E-state index contributed by atoms with van der Waals surface area (Å²) >= 11 is 1.50. The van der Waals surface area contributed by atoms with Gasteiger partial charge in [-0.25, -0.2) is 0 Å². The van der Waals surface area contributed by atoms with E-state index in [0.29, 0.717) is 55.7 Å². The van der Waals surface area contributed by atoms with Crippen LogP contribution in [0.1, 0.15) is 124 Å². The van der Waals surface area contributed by atoms with E-state index in [1.165, 1.54) is 31.4 Å². The second-order valence-corrected chi connectivity index (χ2v) is 26.6. The number of rotatable bonds is 19. The number of para-hydroxylation sites is 1. The van der Waals surface area contributed by atoms with E-state index in [1.807, 2.05) is 117 Å². The molecule has 0 spiro atoms.